The molecule has 0 aliphatic heterocycles. The van der Waals surface area contributed by atoms with Gasteiger partial charge in [0, 0.05) is 11.5 Å². The normalized spacial score (nSPS) is 10.4. The van der Waals surface area contributed by atoms with Crippen molar-refractivity contribution in [3.8, 4) is 11.6 Å². The van der Waals surface area contributed by atoms with Crippen LogP contribution in [0.1, 0.15) is 5.56 Å². The first-order valence-corrected chi connectivity index (χ1v) is 5.58. The molecule has 0 saturated heterocycles. The van der Waals surface area contributed by atoms with E-state index in [1.807, 2.05) is 25.1 Å². The number of nitrogens with zero attached hydrogens (tertiary/aromatic N) is 2. The molecule has 2 aromatic rings. The van der Waals surface area contributed by atoms with Crippen molar-refractivity contribution in [3.63, 3.8) is 0 Å². The van der Waals surface area contributed by atoms with Crippen LogP contribution in [0.15, 0.2) is 28.9 Å². The lowest BCUT2D eigenvalue weighted by Crippen LogP contribution is -1.92. The van der Waals surface area contributed by atoms with Gasteiger partial charge in [0.05, 0.1) is 6.20 Å². The van der Waals surface area contributed by atoms with Gasteiger partial charge in [-0.05, 0) is 30.7 Å². The van der Waals surface area contributed by atoms with Gasteiger partial charge in [0.1, 0.15) is 11.4 Å². The Morgan fingerprint density at radius 1 is 1.44 bits per heavy atom. The van der Waals surface area contributed by atoms with Crippen LogP contribution in [0.25, 0.3) is 0 Å². The minimum atomic E-state index is 0.438. The van der Waals surface area contributed by atoms with Crippen molar-refractivity contribution >= 4 is 21.6 Å². The molecule has 2 rings (SSSR count). The van der Waals surface area contributed by atoms with Gasteiger partial charge in [0.15, 0.2) is 0 Å². The summed E-state index contributed by atoms with van der Waals surface area (Å²) in [7, 11) is 1.80. The van der Waals surface area contributed by atoms with Crippen LogP contribution in [0.3, 0.4) is 0 Å². The molecule has 2 N–H and O–H groups in total. The second kappa shape index (κ2) is 4.17. The Kier molecular flexibility index (Phi) is 2.87. The molecule has 0 unspecified atom stereocenters. The van der Waals surface area contributed by atoms with E-state index in [1.165, 1.54) is 0 Å². The summed E-state index contributed by atoms with van der Waals surface area (Å²) in [4.78, 5) is 0. The lowest BCUT2D eigenvalue weighted by Gasteiger charge is -2.06. The highest BCUT2D eigenvalue weighted by atomic mass is 79.9. The summed E-state index contributed by atoms with van der Waals surface area (Å²) in [6.07, 6.45) is 1.71. The number of benzene rings is 1. The summed E-state index contributed by atoms with van der Waals surface area (Å²) < 4.78 is 8.28. The van der Waals surface area contributed by atoms with E-state index < -0.39 is 0 Å². The summed E-state index contributed by atoms with van der Waals surface area (Å²) in [6, 6.07) is 5.78. The minimum absolute atomic E-state index is 0.438. The molecule has 0 fully saturated rings. The van der Waals surface area contributed by atoms with Crippen molar-refractivity contribution in [1.29, 1.82) is 0 Å². The molecule has 5 heteroatoms. The third kappa shape index (κ3) is 2.19. The van der Waals surface area contributed by atoms with Crippen molar-refractivity contribution in [1.82, 2.24) is 9.78 Å². The van der Waals surface area contributed by atoms with Gasteiger partial charge in [0.2, 0.25) is 0 Å². The van der Waals surface area contributed by atoms with Crippen molar-refractivity contribution in [2.45, 2.75) is 6.92 Å². The Labute approximate surface area is 102 Å². The van der Waals surface area contributed by atoms with Gasteiger partial charge in [-0.2, -0.15) is 0 Å². The number of ether oxygens (including phenoxy) is 1. The van der Waals surface area contributed by atoms with Crippen molar-refractivity contribution < 1.29 is 4.74 Å². The predicted molar refractivity (Wildman–Crippen MR) is 66.6 cm³/mol. The molecule has 1 aromatic heterocycles. The number of halogens is 1. The number of aromatic nitrogens is 2. The van der Waals surface area contributed by atoms with Crippen molar-refractivity contribution in [3.05, 3.63) is 34.4 Å². The molecule has 0 atom stereocenters. The average molecular weight is 282 g/mol. The van der Waals surface area contributed by atoms with Crippen LogP contribution < -0.4 is 10.5 Å². The maximum absolute atomic E-state index is 5.75. The van der Waals surface area contributed by atoms with E-state index >= 15 is 0 Å². The van der Waals surface area contributed by atoms with Gasteiger partial charge in [-0.3, -0.25) is 4.68 Å². The summed E-state index contributed by atoms with van der Waals surface area (Å²) in [6.45, 7) is 1.97. The van der Waals surface area contributed by atoms with Gasteiger partial charge >= 0.3 is 0 Å². The molecule has 0 saturated carbocycles. The monoisotopic (exact) mass is 281 g/mol. The Bertz CT molecular complexity index is 522. The quantitative estimate of drug-likeness (QED) is 0.921. The second-order valence-electron chi connectivity index (χ2n) is 3.58. The Balaban J connectivity index is 2.30. The highest BCUT2D eigenvalue weighted by molar-refractivity contribution is 9.10. The van der Waals surface area contributed by atoms with Crippen LogP contribution in [0.5, 0.6) is 11.6 Å². The van der Waals surface area contributed by atoms with Crippen molar-refractivity contribution in [2.24, 2.45) is 7.05 Å². The van der Waals surface area contributed by atoms with Crippen LogP contribution in [-0.4, -0.2) is 9.78 Å². The Morgan fingerprint density at radius 2 is 2.19 bits per heavy atom. The third-order valence-electron chi connectivity index (χ3n) is 2.17. The lowest BCUT2D eigenvalue weighted by atomic mass is 10.2. The SMILES string of the molecule is Cc1cc(Br)ccc1Oc1nn(C)cc1N. The predicted octanol–water partition coefficient (Wildman–Crippen LogP) is 2.87. The topological polar surface area (TPSA) is 53.1 Å². The fraction of sp³-hybridized carbons (Fsp3) is 0.182. The molecular weight excluding hydrogens is 270 g/mol. The number of anilines is 1. The summed E-state index contributed by atoms with van der Waals surface area (Å²) >= 11 is 3.40. The number of nitrogen functional groups attached to an aromatic ring is 1. The minimum Gasteiger partial charge on any atom is -0.436 e. The molecule has 16 heavy (non-hydrogen) atoms. The van der Waals surface area contributed by atoms with Gasteiger partial charge in [-0.25, -0.2) is 0 Å². The largest absolute Gasteiger partial charge is 0.436 e. The van der Waals surface area contributed by atoms with E-state index in [0.29, 0.717) is 11.6 Å². The molecule has 1 aromatic carbocycles. The van der Waals surface area contributed by atoms with Gasteiger partial charge in [-0.1, -0.05) is 15.9 Å². The van der Waals surface area contributed by atoms with Gasteiger partial charge in [-0.15, -0.1) is 5.10 Å². The number of rotatable bonds is 2. The molecule has 0 bridgehead atoms. The molecule has 0 aliphatic carbocycles. The highest BCUT2D eigenvalue weighted by Gasteiger charge is 2.08. The first kappa shape index (κ1) is 11.0. The lowest BCUT2D eigenvalue weighted by molar-refractivity contribution is 0.452. The molecule has 1 heterocycles. The molecular formula is C11H12BrN3O. The second-order valence-corrected chi connectivity index (χ2v) is 4.49. The number of hydrogen-bond acceptors (Lipinski definition) is 3. The summed E-state index contributed by atoms with van der Waals surface area (Å²) in [5, 5.41) is 4.13. The number of aryl methyl sites for hydroxylation is 2. The van der Waals surface area contributed by atoms with Gasteiger partial charge in [0.25, 0.3) is 5.88 Å². The Morgan fingerprint density at radius 3 is 2.75 bits per heavy atom. The zero-order valence-corrected chi connectivity index (χ0v) is 10.7. The fourth-order valence-electron chi connectivity index (χ4n) is 1.40. The summed E-state index contributed by atoms with van der Waals surface area (Å²) in [5.74, 6) is 1.20. The van der Waals surface area contributed by atoms with E-state index in [4.69, 9.17) is 10.5 Å². The van der Waals surface area contributed by atoms with Crippen LogP contribution in [0, 0.1) is 6.92 Å². The first-order chi connectivity index (χ1) is 7.56. The molecule has 0 radical (unpaired) electrons. The zero-order chi connectivity index (χ0) is 11.7. The van der Waals surface area contributed by atoms with Crippen LogP contribution in [0.2, 0.25) is 0 Å². The smallest absolute Gasteiger partial charge is 0.261 e. The van der Waals surface area contributed by atoms with Crippen molar-refractivity contribution in [2.75, 3.05) is 5.73 Å². The first-order valence-electron chi connectivity index (χ1n) is 4.79. The Hall–Kier alpha value is -1.49. The maximum atomic E-state index is 5.75. The van der Waals surface area contributed by atoms with Crippen LogP contribution in [0.4, 0.5) is 5.69 Å². The maximum Gasteiger partial charge on any atom is 0.261 e. The molecule has 84 valence electrons. The highest BCUT2D eigenvalue weighted by Crippen LogP contribution is 2.29. The van der Waals surface area contributed by atoms with E-state index in [1.54, 1.807) is 17.9 Å². The van der Waals surface area contributed by atoms with Crippen LogP contribution in [-0.2, 0) is 7.05 Å². The standard InChI is InChI=1S/C11H12BrN3O/c1-7-5-8(12)3-4-10(7)16-11-9(13)6-15(2)14-11/h3-6H,13H2,1-2H3. The third-order valence-corrected chi connectivity index (χ3v) is 2.66. The van der Waals surface area contributed by atoms with Gasteiger partial charge < -0.3 is 10.5 Å². The molecule has 0 aliphatic rings. The number of hydrogen-bond donors (Lipinski definition) is 1. The number of nitrogens with two attached hydrogens (primary N) is 1. The summed E-state index contributed by atoms with van der Waals surface area (Å²) in [5.41, 5.74) is 7.31. The molecule has 4 nitrogen and oxygen atoms in total. The fourth-order valence-corrected chi connectivity index (χ4v) is 1.87. The molecule has 0 amide bonds. The van der Waals surface area contributed by atoms with E-state index in [9.17, 15) is 0 Å². The zero-order valence-electron chi connectivity index (χ0n) is 9.07. The van der Waals surface area contributed by atoms with E-state index in [2.05, 4.69) is 21.0 Å². The van der Waals surface area contributed by atoms with Crippen LogP contribution >= 0.6 is 15.9 Å². The molecule has 0 spiro atoms. The van der Waals surface area contributed by atoms with E-state index in [0.717, 1.165) is 15.8 Å². The average Bonchev–Trinajstić information content (AvgIpc) is 2.50. The van der Waals surface area contributed by atoms with E-state index in [-0.39, 0.29) is 0 Å².